The summed E-state index contributed by atoms with van der Waals surface area (Å²) in [6.45, 7) is 8.56. The zero-order valence-corrected chi connectivity index (χ0v) is 10.7. The lowest BCUT2D eigenvalue weighted by Gasteiger charge is -2.39. The highest BCUT2D eigenvalue weighted by Gasteiger charge is 2.35. The van der Waals surface area contributed by atoms with Crippen molar-refractivity contribution in [2.45, 2.75) is 59.0 Å². The van der Waals surface area contributed by atoms with Gasteiger partial charge in [0.15, 0.2) is 0 Å². The van der Waals surface area contributed by atoms with Crippen LogP contribution in [-0.4, -0.2) is 20.8 Å². The molecule has 2 rings (SSSR count). The van der Waals surface area contributed by atoms with E-state index in [0.717, 1.165) is 24.5 Å². The Kier molecular flexibility index (Phi) is 2.78. The SMILES string of the molecule is Cc1nc(C)n(C2CC(C)(C)CCC2N)n1. The van der Waals surface area contributed by atoms with Crippen LogP contribution in [0.1, 0.15) is 50.8 Å². The monoisotopic (exact) mass is 222 g/mol. The van der Waals surface area contributed by atoms with Crippen molar-refractivity contribution in [3.05, 3.63) is 11.6 Å². The lowest BCUT2D eigenvalue weighted by molar-refractivity contribution is 0.151. The molecule has 0 spiro atoms. The zero-order chi connectivity index (χ0) is 11.9. The Bertz CT molecular complexity index is 380. The summed E-state index contributed by atoms with van der Waals surface area (Å²) in [4.78, 5) is 4.36. The van der Waals surface area contributed by atoms with Gasteiger partial charge >= 0.3 is 0 Å². The van der Waals surface area contributed by atoms with Crippen LogP contribution in [0.5, 0.6) is 0 Å². The molecule has 16 heavy (non-hydrogen) atoms. The van der Waals surface area contributed by atoms with Crippen molar-refractivity contribution in [1.82, 2.24) is 14.8 Å². The van der Waals surface area contributed by atoms with Crippen LogP contribution in [0.2, 0.25) is 0 Å². The Labute approximate surface area is 97.2 Å². The number of aromatic nitrogens is 3. The maximum Gasteiger partial charge on any atom is 0.147 e. The first kappa shape index (κ1) is 11.6. The Morgan fingerprint density at radius 2 is 2.06 bits per heavy atom. The summed E-state index contributed by atoms with van der Waals surface area (Å²) in [5.41, 5.74) is 6.59. The standard InChI is InChI=1S/C12H22N4/c1-8-14-9(2)16(15-8)11-7-12(3,4)6-5-10(11)13/h10-11H,5-7,13H2,1-4H3. The van der Waals surface area contributed by atoms with Crippen LogP contribution in [0.15, 0.2) is 0 Å². The van der Waals surface area contributed by atoms with Gasteiger partial charge in [0.25, 0.3) is 0 Å². The number of nitrogens with two attached hydrogens (primary N) is 1. The summed E-state index contributed by atoms with van der Waals surface area (Å²) >= 11 is 0. The van der Waals surface area contributed by atoms with Crippen molar-refractivity contribution in [3.63, 3.8) is 0 Å². The Morgan fingerprint density at radius 3 is 2.62 bits per heavy atom. The van der Waals surface area contributed by atoms with Crippen LogP contribution < -0.4 is 5.73 Å². The molecule has 4 nitrogen and oxygen atoms in total. The van der Waals surface area contributed by atoms with Gasteiger partial charge in [-0.1, -0.05) is 13.8 Å². The predicted molar refractivity (Wildman–Crippen MR) is 64.1 cm³/mol. The van der Waals surface area contributed by atoms with E-state index in [4.69, 9.17) is 5.73 Å². The fraction of sp³-hybridized carbons (Fsp3) is 0.833. The van der Waals surface area contributed by atoms with Crippen molar-refractivity contribution in [3.8, 4) is 0 Å². The fourth-order valence-electron chi connectivity index (χ4n) is 2.69. The van der Waals surface area contributed by atoms with E-state index >= 15 is 0 Å². The van der Waals surface area contributed by atoms with Crippen molar-refractivity contribution in [2.24, 2.45) is 11.1 Å². The molecule has 2 N–H and O–H groups in total. The van der Waals surface area contributed by atoms with E-state index in [9.17, 15) is 0 Å². The first-order chi connectivity index (χ1) is 7.39. The average Bonchev–Trinajstić information content (AvgIpc) is 2.50. The number of nitrogens with zero attached hydrogens (tertiary/aromatic N) is 3. The van der Waals surface area contributed by atoms with E-state index in [2.05, 4.69) is 23.9 Å². The minimum absolute atomic E-state index is 0.216. The van der Waals surface area contributed by atoms with Crippen LogP contribution in [0.25, 0.3) is 0 Å². The molecule has 1 saturated carbocycles. The molecule has 1 aromatic rings. The second-order valence-corrected chi connectivity index (χ2v) is 5.79. The van der Waals surface area contributed by atoms with E-state index in [1.165, 1.54) is 6.42 Å². The molecule has 1 heterocycles. The molecule has 4 heteroatoms. The van der Waals surface area contributed by atoms with Crippen LogP contribution in [0, 0.1) is 19.3 Å². The maximum atomic E-state index is 6.22. The highest BCUT2D eigenvalue weighted by Crippen LogP contribution is 2.40. The molecule has 0 radical (unpaired) electrons. The molecule has 1 aliphatic rings. The summed E-state index contributed by atoms with van der Waals surface area (Å²) in [7, 11) is 0. The third kappa shape index (κ3) is 2.12. The van der Waals surface area contributed by atoms with Gasteiger partial charge in [-0.25, -0.2) is 9.67 Å². The van der Waals surface area contributed by atoms with Crippen LogP contribution in [-0.2, 0) is 0 Å². The first-order valence-electron chi connectivity index (χ1n) is 6.04. The van der Waals surface area contributed by atoms with E-state index < -0.39 is 0 Å². The molecular weight excluding hydrogens is 200 g/mol. The second kappa shape index (κ2) is 3.84. The predicted octanol–water partition coefficient (Wildman–Crippen LogP) is 1.97. The van der Waals surface area contributed by atoms with Crippen molar-refractivity contribution >= 4 is 0 Å². The Morgan fingerprint density at radius 1 is 1.38 bits per heavy atom. The van der Waals surface area contributed by atoms with Crippen LogP contribution in [0.4, 0.5) is 0 Å². The number of hydrogen-bond acceptors (Lipinski definition) is 3. The normalized spacial score (nSPS) is 29.3. The number of rotatable bonds is 1. The van der Waals surface area contributed by atoms with Gasteiger partial charge < -0.3 is 5.73 Å². The smallest absolute Gasteiger partial charge is 0.147 e. The Balaban J connectivity index is 2.28. The Hall–Kier alpha value is -0.900. The van der Waals surface area contributed by atoms with E-state index in [1.54, 1.807) is 0 Å². The fourth-order valence-corrected chi connectivity index (χ4v) is 2.69. The van der Waals surface area contributed by atoms with Crippen molar-refractivity contribution < 1.29 is 0 Å². The summed E-state index contributed by atoms with van der Waals surface area (Å²) in [6.07, 6.45) is 3.38. The minimum atomic E-state index is 0.216. The quantitative estimate of drug-likeness (QED) is 0.790. The van der Waals surface area contributed by atoms with Gasteiger partial charge in [0.2, 0.25) is 0 Å². The molecule has 0 bridgehead atoms. The minimum Gasteiger partial charge on any atom is -0.326 e. The molecule has 1 fully saturated rings. The first-order valence-corrected chi connectivity index (χ1v) is 6.04. The van der Waals surface area contributed by atoms with Gasteiger partial charge in [-0.3, -0.25) is 0 Å². The summed E-state index contributed by atoms with van der Waals surface area (Å²) in [6, 6.07) is 0.526. The second-order valence-electron chi connectivity index (χ2n) is 5.79. The van der Waals surface area contributed by atoms with Crippen molar-refractivity contribution in [1.29, 1.82) is 0 Å². The van der Waals surface area contributed by atoms with E-state index in [-0.39, 0.29) is 6.04 Å². The topological polar surface area (TPSA) is 56.7 Å². The molecule has 0 amide bonds. The molecular formula is C12H22N4. The zero-order valence-electron chi connectivity index (χ0n) is 10.7. The molecule has 0 saturated heterocycles. The lowest BCUT2D eigenvalue weighted by Crippen LogP contribution is -2.41. The third-order valence-electron chi connectivity index (χ3n) is 3.63. The molecule has 0 aromatic carbocycles. The van der Waals surface area contributed by atoms with Gasteiger partial charge in [-0.15, -0.1) is 0 Å². The van der Waals surface area contributed by atoms with Gasteiger partial charge in [0, 0.05) is 6.04 Å². The molecule has 2 atom stereocenters. The maximum absolute atomic E-state index is 6.22. The van der Waals surface area contributed by atoms with Gasteiger partial charge in [0.05, 0.1) is 6.04 Å². The summed E-state index contributed by atoms with van der Waals surface area (Å²) in [5.74, 6) is 1.82. The van der Waals surface area contributed by atoms with Crippen molar-refractivity contribution in [2.75, 3.05) is 0 Å². The number of aryl methyl sites for hydroxylation is 2. The highest BCUT2D eigenvalue weighted by molar-refractivity contribution is 4.97. The molecule has 1 aliphatic carbocycles. The van der Waals surface area contributed by atoms with Gasteiger partial charge in [-0.05, 0) is 38.5 Å². The molecule has 2 unspecified atom stereocenters. The van der Waals surface area contributed by atoms with Gasteiger partial charge in [-0.2, -0.15) is 5.10 Å². The third-order valence-corrected chi connectivity index (χ3v) is 3.63. The van der Waals surface area contributed by atoms with E-state index in [0.29, 0.717) is 11.5 Å². The van der Waals surface area contributed by atoms with Crippen LogP contribution >= 0.6 is 0 Å². The van der Waals surface area contributed by atoms with E-state index in [1.807, 2.05) is 18.5 Å². The summed E-state index contributed by atoms with van der Waals surface area (Å²) < 4.78 is 2.03. The molecule has 90 valence electrons. The van der Waals surface area contributed by atoms with Gasteiger partial charge in [0.1, 0.15) is 11.6 Å². The summed E-state index contributed by atoms with van der Waals surface area (Å²) in [5, 5.41) is 4.48. The van der Waals surface area contributed by atoms with Crippen LogP contribution in [0.3, 0.4) is 0 Å². The average molecular weight is 222 g/mol. The highest BCUT2D eigenvalue weighted by atomic mass is 15.4. The largest absolute Gasteiger partial charge is 0.326 e. The molecule has 0 aliphatic heterocycles. The molecule has 1 aromatic heterocycles. The lowest BCUT2D eigenvalue weighted by atomic mass is 9.73. The number of hydrogen-bond donors (Lipinski definition) is 1.